The van der Waals surface area contributed by atoms with Crippen LogP contribution in [0.15, 0.2) is 59.6 Å². The molecule has 0 saturated heterocycles. The van der Waals surface area contributed by atoms with Gasteiger partial charge in [-0.2, -0.15) is 4.98 Å². The summed E-state index contributed by atoms with van der Waals surface area (Å²) in [5.74, 6) is 0.155. The third kappa shape index (κ3) is 5.54. The summed E-state index contributed by atoms with van der Waals surface area (Å²) in [7, 11) is 0.447. The van der Waals surface area contributed by atoms with Gasteiger partial charge in [0.1, 0.15) is 17.3 Å². The minimum atomic E-state index is -4.11. The van der Waals surface area contributed by atoms with Crippen molar-refractivity contribution in [3.8, 4) is 11.8 Å². The van der Waals surface area contributed by atoms with Gasteiger partial charge in [0.15, 0.2) is 0 Å². The number of fused-ring (bicyclic) bond motifs is 1. The van der Waals surface area contributed by atoms with Crippen molar-refractivity contribution in [2.24, 2.45) is 7.05 Å². The number of rotatable bonds is 7. The maximum absolute atomic E-state index is 13.0. The normalized spacial score (nSPS) is 11.0. The molecule has 0 bridgehead atoms. The number of halogens is 1. The summed E-state index contributed by atoms with van der Waals surface area (Å²) in [6.45, 7) is 0. The van der Waals surface area contributed by atoms with Gasteiger partial charge in [0.05, 0.1) is 29.7 Å². The number of aryl methyl sites for hydroxylation is 1. The number of hydrogen-bond donors (Lipinski definition) is 2. The summed E-state index contributed by atoms with van der Waals surface area (Å²) >= 11 is 6.40. The van der Waals surface area contributed by atoms with E-state index in [1.54, 1.807) is 31.3 Å². The molecule has 0 fully saturated rings. The predicted molar refractivity (Wildman–Crippen MR) is 133 cm³/mol. The van der Waals surface area contributed by atoms with Crippen LogP contribution in [0.2, 0.25) is 5.02 Å². The molecule has 2 aromatic heterocycles. The van der Waals surface area contributed by atoms with Crippen molar-refractivity contribution in [1.29, 1.82) is 0 Å². The van der Waals surface area contributed by atoms with Gasteiger partial charge in [0.25, 0.3) is 15.9 Å². The number of ether oxygens (including phenoxy) is 2. The molecular weight excluding hydrogens is 505 g/mol. The summed E-state index contributed by atoms with van der Waals surface area (Å²) < 4.78 is 39.2. The molecule has 2 N–H and O–H groups in total. The zero-order valence-corrected chi connectivity index (χ0v) is 22.9. The number of anilines is 2. The second-order valence-corrected chi connectivity index (χ2v) is 9.20. The van der Waals surface area contributed by atoms with E-state index in [-0.39, 0.29) is 46.2 Å². The molecule has 0 aliphatic carbocycles. The smallest absolute Gasteiger partial charge is 0.318 e. The van der Waals surface area contributed by atoms with Crippen molar-refractivity contribution in [1.82, 2.24) is 19.3 Å². The Kier molecular flexibility index (Phi) is 8.29. The van der Waals surface area contributed by atoms with Crippen LogP contribution < -0.4 is 19.5 Å². The number of aromatic nitrogens is 3. The third-order valence-corrected chi connectivity index (χ3v) is 6.71. The second-order valence-electron chi connectivity index (χ2n) is 7.11. The topological polar surface area (TPSA) is 124 Å². The molecule has 2 aromatic carbocycles. The quantitative estimate of drug-likeness (QED) is 0.353. The molecule has 0 saturated carbocycles. The average Bonchev–Trinajstić information content (AvgIpc) is 3.19. The van der Waals surface area contributed by atoms with Gasteiger partial charge in [-0.15, -0.1) is 0 Å². The van der Waals surface area contributed by atoms with Gasteiger partial charge in [-0.3, -0.25) is 4.79 Å². The first-order valence-electron chi connectivity index (χ1n) is 9.86. The van der Waals surface area contributed by atoms with Gasteiger partial charge in [0.2, 0.25) is 0 Å². The fourth-order valence-electron chi connectivity index (χ4n) is 3.38. The van der Waals surface area contributed by atoms with Crippen LogP contribution in [0, 0.1) is 0 Å². The maximum Gasteiger partial charge on any atom is 0.318 e. The van der Waals surface area contributed by atoms with Crippen molar-refractivity contribution in [2.45, 2.75) is 4.90 Å². The molecule has 0 atom stereocenters. The Bertz CT molecular complexity index is 1490. The molecule has 10 nitrogen and oxygen atoms in total. The maximum atomic E-state index is 13.0. The zero-order chi connectivity index (χ0) is 24.5. The standard InChI is InChI=1S/C22H20ClN5O5S.Na/c1-28-18(21(29)27-34(30,31)14-6-4-13(32-2)5-7-14)12-15-17(9-8-16(23)20(15)28)25-19-10-11-24-22(26-19)33-3;/h4-12H,1-3H3,(H,27,29)(H,24,25,26);. The van der Waals surface area contributed by atoms with Crippen LogP contribution in [0.25, 0.3) is 10.9 Å². The number of methoxy groups -OCH3 is 2. The van der Waals surface area contributed by atoms with Crippen molar-refractivity contribution < 1.29 is 22.7 Å². The Balaban J connectivity index is 0.00000342. The predicted octanol–water partition coefficient (Wildman–Crippen LogP) is 3.12. The SMILES string of the molecule is COc1ccc(S(=O)(=O)NC(=O)c2cc3c(Nc4ccnc(OC)n4)ccc(Cl)c3n2C)cc1.[Na]. The summed E-state index contributed by atoms with van der Waals surface area (Å²) in [6.07, 6.45) is 1.54. The fourth-order valence-corrected chi connectivity index (χ4v) is 4.64. The van der Waals surface area contributed by atoms with Crippen LogP contribution in [0.1, 0.15) is 10.5 Å². The monoisotopic (exact) mass is 524 g/mol. The number of benzene rings is 2. The molecule has 4 rings (SSSR count). The van der Waals surface area contributed by atoms with Crippen molar-refractivity contribution in [2.75, 3.05) is 19.5 Å². The summed E-state index contributed by atoms with van der Waals surface area (Å²) in [5.41, 5.74) is 1.25. The molecule has 35 heavy (non-hydrogen) atoms. The number of carbonyl (C=O) groups excluding carboxylic acids is 1. The number of amides is 1. The van der Waals surface area contributed by atoms with Crippen LogP contribution in [-0.2, 0) is 17.1 Å². The van der Waals surface area contributed by atoms with E-state index in [4.69, 9.17) is 21.1 Å². The van der Waals surface area contributed by atoms with Crippen molar-refractivity contribution in [3.05, 3.63) is 65.4 Å². The molecule has 13 heteroatoms. The molecular formula is C22H20ClN5NaO5S. The van der Waals surface area contributed by atoms with Gasteiger partial charge in [-0.05, 0) is 48.5 Å². The Morgan fingerprint density at radius 1 is 1.06 bits per heavy atom. The first-order valence-corrected chi connectivity index (χ1v) is 11.7. The molecule has 0 unspecified atom stereocenters. The number of nitrogens with one attached hydrogen (secondary N) is 2. The Morgan fingerprint density at radius 3 is 2.43 bits per heavy atom. The molecule has 2 heterocycles. The Labute approximate surface area is 229 Å². The molecule has 177 valence electrons. The van der Waals surface area contributed by atoms with Gasteiger partial charge < -0.3 is 19.4 Å². The fraction of sp³-hybridized carbons (Fsp3) is 0.136. The molecule has 1 radical (unpaired) electrons. The van der Waals surface area contributed by atoms with E-state index < -0.39 is 15.9 Å². The summed E-state index contributed by atoms with van der Waals surface area (Å²) in [6, 6.07) is 12.5. The van der Waals surface area contributed by atoms with E-state index in [1.165, 1.54) is 49.2 Å². The number of nitrogens with zero attached hydrogens (tertiary/aromatic N) is 3. The van der Waals surface area contributed by atoms with E-state index in [9.17, 15) is 13.2 Å². The van der Waals surface area contributed by atoms with E-state index in [0.717, 1.165) is 0 Å². The van der Waals surface area contributed by atoms with Crippen LogP contribution in [0.4, 0.5) is 11.5 Å². The van der Waals surface area contributed by atoms with E-state index in [1.807, 2.05) is 0 Å². The molecule has 0 spiro atoms. The van der Waals surface area contributed by atoms with Crippen molar-refractivity contribution in [3.63, 3.8) is 0 Å². The first kappa shape index (κ1) is 26.8. The largest absolute Gasteiger partial charge is 0.497 e. The van der Waals surface area contributed by atoms with Crippen LogP contribution in [0.3, 0.4) is 0 Å². The zero-order valence-electron chi connectivity index (χ0n) is 19.4. The van der Waals surface area contributed by atoms with Gasteiger partial charge in [-0.1, -0.05) is 11.6 Å². The van der Waals surface area contributed by atoms with Crippen LogP contribution in [0.5, 0.6) is 11.8 Å². The second kappa shape index (κ2) is 10.8. The number of sulfonamides is 1. The Morgan fingerprint density at radius 2 is 1.77 bits per heavy atom. The minimum Gasteiger partial charge on any atom is -0.497 e. The van der Waals surface area contributed by atoms with E-state index >= 15 is 0 Å². The molecule has 0 aliphatic heterocycles. The summed E-state index contributed by atoms with van der Waals surface area (Å²) in [4.78, 5) is 21.1. The molecule has 0 aliphatic rings. The number of carbonyl (C=O) groups is 1. The minimum absolute atomic E-state index is 0. The van der Waals surface area contributed by atoms with Gasteiger partial charge in [-0.25, -0.2) is 18.1 Å². The van der Waals surface area contributed by atoms with E-state index in [2.05, 4.69) is 20.0 Å². The molecule has 1 amide bonds. The summed E-state index contributed by atoms with van der Waals surface area (Å²) in [5, 5.41) is 4.13. The van der Waals surface area contributed by atoms with Gasteiger partial charge >= 0.3 is 6.01 Å². The number of hydrogen-bond acceptors (Lipinski definition) is 8. The van der Waals surface area contributed by atoms with Crippen molar-refractivity contribution >= 4 is 79.5 Å². The van der Waals surface area contributed by atoms with Crippen LogP contribution >= 0.6 is 11.6 Å². The average molecular weight is 525 g/mol. The Hall–Kier alpha value is -2.83. The third-order valence-electron chi connectivity index (χ3n) is 5.05. The van der Waals surface area contributed by atoms with E-state index in [0.29, 0.717) is 33.2 Å². The van der Waals surface area contributed by atoms with Crippen LogP contribution in [-0.4, -0.2) is 72.6 Å². The molecule has 4 aromatic rings. The van der Waals surface area contributed by atoms with Gasteiger partial charge in [0, 0.05) is 53.9 Å². The first-order chi connectivity index (χ1) is 16.2.